The summed E-state index contributed by atoms with van der Waals surface area (Å²) < 4.78 is 0. The van der Waals surface area contributed by atoms with E-state index in [1.807, 2.05) is 11.4 Å². The maximum Gasteiger partial charge on any atom is 0.311 e. The molecule has 1 aliphatic rings. The van der Waals surface area contributed by atoms with Gasteiger partial charge in [-0.05, 0) is 24.3 Å². The Labute approximate surface area is 104 Å². The van der Waals surface area contributed by atoms with Gasteiger partial charge in [0.2, 0.25) is 0 Å². The van der Waals surface area contributed by atoms with E-state index >= 15 is 0 Å². The van der Waals surface area contributed by atoms with E-state index in [9.17, 15) is 14.7 Å². The first-order valence-electron chi connectivity index (χ1n) is 5.69. The Balaban J connectivity index is 1.97. The van der Waals surface area contributed by atoms with Gasteiger partial charge in [0.15, 0.2) is 0 Å². The number of carbonyl (C=O) groups is 2. The third-order valence-electron chi connectivity index (χ3n) is 3.35. The normalized spacial score (nSPS) is 17.9. The molecule has 0 saturated heterocycles. The van der Waals surface area contributed by atoms with Gasteiger partial charge in [0.05, 0.1) is 10.3 Å². The molecule has 5 heteroatoms. The lowest BCUT2D eigenvalue weighted by atomic mass is 9.86. The number of nitrogens with one attached hydrogen (secondary N) is 1. The van der Waals surface area contributed by atoms with Gasteiger partial charge < -0.3 is 10.4 Å². The summed E-state index contributed by atoms with van der Waals surface area (Å²) in [6, 6.07) is 3.55. The minimum Gasteiger partial charge on any atom is -0.481 e. The van der Waals surface area contributed by atoms with Crippen molar-refractivity contribution in [2.24, 2.45) is 5.41 Å². The van der Waals surface area contributed by atoms with E-state index in [0.717, 1.165) is 12.8 Å². The first-order chi connectivity index (χ1) is 8.14. The van der Waals surface area contributed by atoms with Gasteiger partial charge in [-0.25, -0.2) is 0 Å². The van der Waals surface area contributed by atoms with Crippen LogP contribution in [-0.2, 0) is 4.79 Å². The average molecular weight is 253 g/mol. The van der Waals surface area contributed by atoms with E-state index in [0.29, 0.717) is 17.7 Å². The van der Waals surface area contributed by atoms with Crippen LogP contribution >= 0.6 is 11.3 Å². The van der Waals surface area contributed by atoms with Crippen LogP contribution in [0.25, 0.3) is 0 Å². The Kier molecular flexibility index (Phi) is 3.47. The smallest absolute Gasteiger partial charge is 0.311 e. The molecule has 1 fully saturated rings. The van der Waals surface area contributed by atoms with Crippen molar-refractivity contribution in [1.82, 2.24) is 5.32 Å². The van der Waals surface area contributed by atoms with E-state index in [2.05, 4.69) is 5.32 Å². The first kappa shape index (κ1) is 12.1. The zero-order valence-corrected chi connectivity index (χ0v) is 10.3. The fourth-order valence-corrected chi connectivity index (χ4v) is 2.90. The molecule has 0 aromatic carbocycles. The molecule has 1 amide bonds. The minimum absolute atomic E-state index is 0.174. The largest absolute Gasteiger partial charge is 0.481 e. The number of carboxylic acid groups (broad SMARTS) is 1. The molecule has 2 rings (SSSR count). The van der Waals surface area contributed by atoms with E-state index in [-0.39, 0.29) is 12.5 Å². The molecule has 0 aliphatic heterocycles. The Bertz CT molecular complexity index is 407. The van der Waals surface area contributed by atoms with Gasteiger partial charge in [0, 0.05) is 6.54 Å². The second kappa shape index (κ2) is 4.87. The summed E-state index contributed by atoms with van der Waals surface area (Å²) in [5.41, 5.74) is -0.743. The highest BCUT2D eigenvalue weighted by Gasteiger charge is 2.41. The lowest BCUT2D eigenvalue weighted by Crippen LogP contribution is -2.41. The van der Waals surface area contributed by atoms with Crippen molar-refractivity contribution in [3.8, 4) is 0 Å². The van der Waals surface area contributed by atoms with Crippen LogP contribution in [0.3, 0.4) is 0 Å². The van der Waals surface area contributed by atoms with Crippen LogP contribution in [0.15, 0.2) is 17.5 Å². The number of carboxylic acids is 1. The van der Waals surface area contributed by atoms with Crippen LogP contribution in [0.2, 0.25) is 0 Å². The van der Waals surface area contributed by atoms with E-state index in [1.165, 1.54) is 11.3 Å². The van der Waals surface area contributed by atoms with Crippen LogP contribution in [0.1, 0.15) is 35.4 Å². The maximum absolute atomic E-state index is 11.7. The number of thiophene rings is 1. The summed E-state index contributed by atoms with van der Waals surface area (Å²) >= 11 is 1.36. The molecule has 0 atom stereocenters. The van der Waals surface area contributed by atoms with E-state index in [1.54, 1.807) is 6.07 Å². The fourth-order valence-electron chi connectivity index (χ4n) is 2.26. The van der Waals surface area contributed by atoms with Crippen molar-refractivity contribution in [3.63, 3.8) is 0 Å². The van der Waals surface area contributed by atoms with Crippen LogP contribution in [0.4, 0.5) is 0 Å². The Morgan fingerprint density at radius 2 is 2.12 bits per heavy atom. The zero-order valence-electron chi connectivity index (χ0n) is 9.44. The summed E-state index contributed by atoms with van der Waals surface area (Å²) in [5, 5.41) is 13.8. The molecule has 2 N–H and O–H groups in total. The predicted molar refractivity (Wildman–Crippen MR) is 65.2 cm³/mol. The number of rotatable bonds is 4. The molecule has 1 aliphatic carbocycles. The molecule has 1 aromatic heterocycles. The molecular formula is C12H15NO3S. The van der Waals surface area contributed by atoms with Crippen LogP contribution in [-0.4, -0.2) is 23.5 Å². The second-order valence-electron chi connectivity index (χ2n) is 4.45. The summed E-state index contributed by atoms with van der Waals surface area (Å²) in [5.74, 6) is -0.964. The maximum atomic E-state index is 11.7. The Hall–Kier alpha value is -1.36. The van der Waals surface area contributed by atoms with Gasteiger partial charge in [0.1, 0.15) is 0 Å². The summed E-state index contributed by atoms with van der Waals surface area (Å²) in [4.78, 5) is 23.6. The molecule has 1 aromatic rings. The predicted octanol–water partition coefficient (Wildman–Crippen LogP) is 2.12. The van der Waals surface area contributed by atoms with Gasteiger partial charge in [-0.3, -0.25) is 9.59 Å². The van der Waals surface area contributed by atoms with Gasteiger partial charge in [0.25, 0.3) is 5.91 Å². The highest BCUT2D eigenvalue weighted by Crippen LogP contribution is 2.37. The molecule has 17 heavy (non-hydrogen) atoms. The summed E-state index contributed by atoms with van der Waals surface area (Å²) in [6.07, 6.45) is 3.18. The Morgan fingerprint density at radius 1 is 1.41 bits per heavy atom. The van der Waals surface area contributed by atoms with Gasteiger partial charge in [-0.15, -0.1) is 11.3 Å². The highest BCUT2D eigenvalue weighted by atomic mass is 32.1. The minimum atomic E-state index is -0.790. The SMILES string of the molecule is O=C(NCC1(C(=O)O)CCCC1)c1cccs1. The number of hydrogen-bond acceptors (Lipinski definition) is 3. The third-order valence-corrected chi connectivity index (χ3v) is 4.22. The van der Waals surface area contributed by atoms with Crippen molar-refractivity contribution in [2.45, 2.75) is 25.7 Å². The molecule has 0 radical (unpaired) electrons. The molecule has 1 heterocycles. The second-order valence-corrected chi connectivity index (χ2v) is 5.40. The molecule has 0 unspecified atom stereocenters. The number of amides is 1. The van der Waals surface area contributed by atoms with Crippen molar-refractivity contribution in [3.05, 3.63) is 22.4 Å². The first-order valence-corrected chi connectivity index (χ1v) is 6.57. The molecule has 92 valence electrons. The van der Waals surface area contributed by atoms with Crippen LogP contribution in [0, 0.1) is 5.41 Å². The summed E-state index contributed by atoms with van der Waals surface area (Å²) in [6.45, 7) is 0.235. The molecule has 0 spiro atoms. The number of hydrogen-bond donors (Lipinski definition) is 2. The molecule has 0 bridgehead atoms. The van der Waals surface area contributed by atoms with E-state index in [4.69, 9.17) is 0 Å². The zero-order chi connectivity index (χ0) is 12.3. The van der Waals surface area contributed by atoms with Crippen molar-refractivity contribution in [2.75, 3.05) is 6.54 Å². The van der Waals surface area contributed by atoms with Crippen LogP contribution < -0.4 is 5.32 Å². The topological polar surface area (TPSA) is 66.4 Å². The fraction of sp³-hybridized carbons (Fsp3) is 0.500. The third kappa shape index (κ3) is 2.49. The molecular weight excluding hydrogens is 238 g/mol. The monoisotopic (exact) mass is 253 g/mol. The quantitative estimate of drug-likeness (QED) is 0.863. The molecule has 4 nitrogen and oxygen atoms in total. The lowest BCUT2D eigenvalue weighted by Gasteiger charge is -2.23. The van der Waals surface area contributed by atoms with Crippen molar-refractivity contribution in [1.29, 1.82) is 0 Å². The average Bonchev–Trinajstić information content (AvgIpc) is 2.97. The van der Waals surface area contributed by atoms with Crippen LogP contribution in [0.5, 0.6) is 0 Å². The number of carbonyl (C=O) groups excluding carboxylic acids is 1. The molecule has 1 saturated carbocycles. The standard InChI is InChI=1S/C12H15NO3S/c14-10(9-4-3-7-17-9)13-8-12(11(15)16)5-1-2-6-12/h3-4,7H,1-2,5-6,8H2,(H,13,14)(H,15,16). The summed E-state index contributed by atoms with van der Waals surface area (Å²) in [7, 11) is 0. The van der Waals surface area contributed by atoms with Gasteiger partial charge in [-0.1, -0.05) is 18.9 Å². The van der Waals surface area contributed by atoms with Gasteiger partial charge >= 0.3 is 5.97 Å². The van der Waals surface area contributed by atoms with Crippen molar-refractivity contribution >= 4 is 23.2 Å². The highest BCUT2D eigenvalue weighted by molar-refractivity contribution is 7.12. The lowest BCUT2D eigenvalue weighted by molar-refractivity contribution is -0.148. The van der Waals surface area contributed by atoms with Crippen molar-refractivity contribution < 1.29 is 14.7 Å². The van der Waals surface area contributed by atoms with Gasteiger partial charge in [-0.2, -0.15) is 0 Å². The Morgan fingerprint density at radius 3 is 2.65 bits per heavy atom. The number of aliphatic carboxylic acids is 1. The van der Waals surface area contributed by atoms with E-state index < -0.39 is 11.4 Å².